The van der Waals surface area contributed by atoms with Crippen LogP contribution in [0.4, 0.5) is 49.4 Å². The summed E-state index contributed by atoms with van der Waals surface area (Å²) >= 11 is 0. The minimum atomic E-state index is -4.51. The van der Waals surface area contributed by atoms with Gasteiger partial charge in [-0.05, 0) is 93.0 Å². The summed E-state index contributed by atoms with van der Waals surface area (Å²) in [6.45, 7) is 2.07. The Kier molecular flexibility index (Phi) is 11.5. The number of ether oxygens (including phenoxy) is 3. The second kappa shape index (κ2) is 16.6. The Morgan fingerprint density at radius 2 is 1.18 bits per heavy atom. The average Bonchev–Trinajstić information content (AvgIpc) is 3.79. The van der Waals surface area contributed by atoms with Crippen molar-refractivity contribution < 1.29 is 55.2 Å². The number of halogens is 6. The van der Waals surface area contributed by atoms with Gasteiger partial charge in [0.2, 0.25) is 0 Å². The SMILES string of the molecule is CCOC(=O)C1CCc2[nH]c3ncnc(Nc4cc(C(F)(F)F)ccc4OC)c3c2C1.COc1ccc(C(F)(F)F)cc1Nc1ncnc2[nH]c3c(c12)CC(C(=O)O)CC3. The van der Waals surface area contributed by atoms with E-state index >= 15 is 0 Å². The number of benzene rings is 2. The van der Waals surface area contributed by atoms with Gasteiger partial charge in [-0.3, -0.25) is 9.59 Å². The molecule has 2 aliphatic carbocycles. The number of alkyl halides is 6. The van der Waals surface area contributed by atoms with E-state index in [-0.39, 0.29) is 40.6 Å². The summed E-state index contributed by atoms with van der Waals surface area (Å²) in [6.07, 6.45) is -3.30. The van der Waals surface area contributed by atoms with E-state index in [2.05, 4.69) is 40.5 Å². The van der Waals surface area contributed by atoms with E-state index in [9.17, 15) is 41.0 Å². The van der Waals surface area contributed by atoms with E-state index in [4.69, 9.17) is 14.2 Å². The number of H-pyrrole nitrogens is 2. The Morgan fingerprint density at radius 1 is 0.733 bits per heavy atom. The highest BCUT2D eigenvalue weighted by atomic mass is 19.4. The fourth-order valence-corrected chi connectivity index (χ4v) is 7.56. The van der Waals surface area contributed by atoms with Gasteiger partial charge in [0, 0.05) is 11.4 Å². The molecule has 14 nitrogen and oxygen atoms in total. The molecule has 8 rings (SSSR count). The number of aliphatic carboxylic acids is 1. The van der Waals surface area contributed by atoms with Crippen LogP contribution in [0.2, 0.25) is 0 Å². The summed E-state index contributed by atoms with van der Waals surface area (Å²) < 4.78 is 94.6. The second-order valence-corrected chi connectivity index (χ2v) is 14.1. The third kappa shape index (κ3) is 8.44. The van der Waals surface area contributed by atoms with Crippen molar-refractivity contribution in [2.45, 2.75) is 57.8 Å². The zero-order chi connectivity index (χ0) is 42.9. The van der Waals surface area contributed by atoms with Gasteiger partial charge in [0.15, 0.2) is 0 Å². The zero-order valence-corrected chi connectivity index (χ0v) is 32.3. The zero-order valence-electron chi connectivity index (χ0n) is 32.3. The van der Waals surface area contributed by atoms with Crippen LogP contribution in [-0.4, -0.2) is 67.8 Å². The van der Waals surface area contributed by atoms with Crippen molar-refractivity contribution in [2.75, 3.05) is 31.5 Å². The minimum absolute atomic E-state index is 0.0999. The minimum Gasteiger partial charge on any atom is -0.495 e. The van der Waals surface area contributed by atoms with Crippen LogP contribution in [0.25, 0.3) is 22.1 Å². The maximum absolute atomic E-state index is 13.2. The number of rotatable bonds is 9. The lowest BCUT2D eigenvalue weighted by molar-refractivity contribution is -0.148. The highest BCUT2D eigenvalue weighted by Crippen LogP contribution is 2.41. The molecule has 20 heteroatoms. The molecule has 0 saturated carbocycles. The van der Waals surface area contributed by atoms with Gasteiger partial charge in [-0.25, -0.2) is 19.9 Å². The molecule has 6 aromatic rings. The summed E-state index contributed by atoms with van der Waals surface area (Å²) in [4.78, 5) is 47.0. The lowest BCUT2D eigenvalue weighted by Gasteiger charge is -2.21. The molecule has 5 N–H and O–H groups in total. The summed E-state index contributed by atoms with van der Waals surface area (Å²) in [7, 11) is 2.74. The normalized spacial score (nSPS) is 16.3. The van der Waals surface area contributed by atoms with Gasteiger partial charge in [-0.1, -0.05) is 0 Å². The standard InChI is InChI=1S/C21H21F3N4O3.C19H17F3N4O3/c1-3-31-20(29)11-4-6-14-13(8-11)17-18(27-14)25-10-26-19(17)28-15-9-12(21(22,23)24)5-7-16(15)30-2;1-29-14-5-3-10(19(20,21)22)7-13(14)26-17-15-11-6-9(18(27)28)2-4-12(11)25-16(15)23-8-24-17/h5,7,9-11H,3-4,6,8H2,1-2H3,(H2,25,26,27,28);3,5,7-9H,2,4,6H2,1H3,(H,27,28)(H2,23,24,25,26). The molecule has 4 heterocycles. The number of carbonyl (C=O) groups is 2. The number of nitrogens with zero attached hydrogens (tertiary/aromatic N) is 4. The number of aromatic amines is 2. The molecule has 2 aromatic carbocycles. The molecule has 0 amide bonds. The molecule has 0 saturated heterocycles. The quantitative estimate of drug-likeness (QED) is 0.0693. The van der Waals surface area contributed by atoms with Crippen LogP contribution < -0.4 is 20.1 Å². The number of hydrogen-bond acceptors (Lipinski definition) is 11. The molecule has 316 valence electrons. The molecule has 4 aromatic heterocycles. The molecule has 2 unspecified atom stereocenters. The number of aromatic nitrogens is 6. The van der Waals surface area contributed by atoms with Crippen LogP contribution in [-0.2, 0) is 52.4 Å². The van der Waals surface area contributed by atoms with E-state index in [0.29, 0.717) is 73.0 Å². The van der Waals surface area contributed by atoms with Gasteiger partial charge >= 0.3 is 24.3 Å². The Hall–Kier alpha value is -6.60. The molecule has 2 atom stereocenters. The van der Waals surface area contributed by atoms with E-state index in [0.717, 1.165) is 46.8 Å². The fourth-order valence-electron chi connectivity index (χ4n) is 7.56. The van der Waals surface area contributed by atoms with Crippen LogP contribution in [0, 0.1) is 11.8 Å². The summed E-state index contributed by atoms with van der Waals surface area (Å²) in [6, 6.07) is 6.32. The highest BCUT2D eigenvalue weighted by Gasteiger charge is 2.34. The van der Waals surface area contributed by atoms with Crippen molar-refractivity contribution >= 4 is 57.0 Å². The van der Waals surface area contributed by atoms with Crippen LogP contribution >= 0.6 is 0 Å². The Morgan fingerprint density at radius 3 is 1.60 bits per heavy atom. The lowest BCUT2D eigenvalue weighted by Crippen LogP contribution is -2.24. The molecule has 0 aliphatic heterocycles. The first kappa shape index (κ1) is 41.6. The molecule has 60 heavy (non-hydrogen) atoms. The topological polar surface area (TPSA) is 189 Å². The Labute approximate surface area is 337 Å². The number of hydrogen-bond donors (Lipinski definition) is 5. The van der Waals surface area contributed by atoms with Gasteiger partial charge in [-0.2, -0.15) is 26.3 Å². The van der Waals surface area contributed by atoms with Gasteiger partial charge < -0.3 is 39.9 Å². The number of methoxy groups -OCH3 is 2. The number of esters is 1. The van der Waals surface area contributed by atoms with E-state index in [1.807, 2.05) is 0 Å². The average molecular weight is 841 g/mol. The number of carbonyl (C=O) groups excluding carboxylic acids is 1. The van der Waals surface area contributed by atoms with Crippen molar-refractivity contribution in [3.8, 4) is 11.5 Å². The maximum atomic E-state index is 13.2. The second-order valence-electron chi connectivity index (χ2n) is 14.1. The van der Waals surface area contributed by atoms with Gasteiger partial charge in [0.05, 0.1) is 65.9 Å². The van der Waals surface area contributed by atoms with Gasteiger partial charge in [-0.15, -0.1) is 0 Å². The van der Waals surface area contributed by atoms with Crippen LogP contribution in [0.5, 0.6) is 11.5 Å². The summed E-state index contributed by atoms with van der Waals surface area (Å²) in [5.74, 6) is -0.864. The monoisotopic (exact) mass is 840 g/mol. The molecule has 0 fully saturated rings. The third-order valence-electron chi connectivity index (χ3n) is 10.5. The molecule has 0 bridgehead atoms. The molecular formula is C40H38F6N8O6. The molecule has 2 aliphatic rings. The largest absolute Gasteiger partial charge is 0.495 e. The number of fused-ring (bicyclic) bond motifs is 6. The predicted octanol–water partition coefficient (Wildman–Crippen LogP) is 8.32. The first-order valence-electron chi connectivity index (χ1n) is 18.7. The molecule has 0 spiro atoms. The number of aryl methyl sites for hydroxylation is 2. The van der Waals surface area contributed by atoms with Crippen molar-refractivity contribution in [1.82, 2.24) is 29.9 Å². The van der Waals surface area contributed by atoms with Crippen LogP contribution in [0.3, 0.4) is 0 Å². The van der Waals surface area contributed by atoms with Crippen molar-refractivity contribution in [3.05, 3.63) is 82.7 Å². The first-order valence-corrected chi connectivity index (χ1v) is 18.7. The fraction of sp³-hybridized carbons (Fsp3) is 0.350. The van der Waals surface area contributed by atoms with E-state index < -0.39 is 35.4 Å². The third-order valence-corrected chi connectivity index (χ3v) is 10.5. The van der Waals surface area contributed by atoms with E-state index in [1.54, 1.807) is 6.92 Å². The van der Waals surface area contributed by atoms with E-state index in [1.165, 1.54) is 39.0 Å². The molecule has 0 radical (unpaired) electrons. The summed E-state index contributed by atoms with van der Waals surface area (Å²) in [5.41, 5.74) is 3.11. The molecular weight excluding hydrogens is 802 g/mol. The predicted molar refractivity (Wildman–Crippen MR) is 206 cm³/mol. The van der Waals surface area contributed by atoms with Crippen molar-refractivity contribution in [3.63, 3.8) is 0 Å². The van der Waals surface area contributed by atoms with Crippen molar-refractivity contribution in [2.24, 2.45) is 11.8 Å². The van der Waals surface area contributed by atoms with Crippen LogP contribution in [0.1, 0.15) is 53.4 Å². The highest BCUT2D eigenvalue weighted by molar-refractivity contribution is 5.95. The first-order chi connectivity index (χ1) is 28.6. The smallest absolute Gasteiger partial charge is 0.416 e. The number of carboxylic acids is 1. The van der Waals surface area contributed by atoms with Crippen LogP contribution in [0.15, 0.2) is 49.1 Å². The number of nitrogens with one attached hydrogen (secondary N) is 4. The van der Waals surface area contributed by atoms with Gasteiger partial charge in [0.1, 0.15) is 47.1 Å². The Balaban J connectivity index is 0.000000182. The maximum Gasteiger partial charge on any atom is 0.416 e. The lowest BCUT2D eigenvalue weighted by atomic mass is 9.86. The Bertz CT molecular complexity index is 2570. The number of carboxylic acid groups (broad SMARTS) is 1. The van der Waals surface area contributed by atoms with Crippen molar-refractivity contribution in [1.29, 1.82) is 0 Å². The van der Waals surface area contributed by atoms with Gasteiger partial charge in [0.25, 0.3) is 0 Å². The number of anilines is 4. The summed E-state index contributed by atoms with van der Waals surface area (Å²) in [5, 5.41) is 16.5.